The molecule has 0 saturated carbocycles. The summed E-state index contributed by atoms with van der Waals surface area (Å²) in [6.45, 7) is 2.85. The van der Waals surface area contributed by atoms with Crippen LogP contribution in [0.4, 0.5) is 0 Å². The van der Waals surface area contributed by atoms with Crippen molar-refractivity contribution >= 4 is 21.7 Å². The SMILES string of the molecule is Cc1ccc(S(=O)(=O)N2CCCCc3ccccc3/C(=C\c3ccccc3)C2)cc1. The van der Waals surface area contributed by atoms with Crippen LogP contribution in [0.5, 0.6) is 0 Å². The first-order valence-corrected chi connectivity index (χ1v) is 11.9. The molecule has 30 heavy (non-hydrogen) atoms. The van der Waals surface area contributed by atoms with Gasteiger partial charge in [0.1, 0.15) is 0 Å². The molecular weight excluding hydrogens is 390 g/mol. The van der Waals surface area contributed by atoms with Crippen LogP contribution < -0.4 is 0 Å². The Labute approximate surface area is 179 Å². The van der Waals surface area contributed by atoms with E-state index in [9.17, 15) is 8.42 Å². The van der Waals surface area contributed by atoms with Crippen LogP contribution in [-0.4, -0.2) is 25.8 Å². The molecule has 3 nitrogen and oxygen atoms in total. The molecule has 4 rings (SSSR count). The fourth-order valence-electron chi connectivity index (χ4n) is 3.95. The molecule has 1 heterocycles. The number of sulfonamides is 1. The molecule has 0 fully saturated rings. The Morgan fingerprint density at radius 1 is 0.833 bits per heavy atom. The van der Waals surface area contributed by atoms with E-state index in [1.807, 2.05) is 43.3 Å². The summed E-state index contributed by atoms with van der Waals surface area (Å²) in [5.74, 6) is 0. The molecule has 3 aromatic rings. The first-order valence-electron chi connectivity index (χ1n) is 10.4. The second kappa shape index (κ2) is 8.99. The summed E-state index contributed by atoms with van der Waals surface area (Å²) >= 11 is 0. The minimum absolute atomic E-state index is 0.361. The number of rotatable bonds is 3. The van der Waals surface area contributed by atoms with E-state index in [1.165, 1.54) is 5.56 Å². The molecule has 0 amide bonds. The Hall–Kier alpha value is -2.69. The molecule has 1 aliphatic heterocycles. The zero-order valence-corrected chi connectivity index (χ0v) is 18.1. The molecule has 0 aromatic heterocycles. The topological polar surface area (TPSA) is 37.4 Å². The van der Waals surface area contributed by atoms with Crippen LogP contribution in [0.25, 0.3) is 11.6 Å². The van der Waals surface area contributed by atoms with Crippen LogP contribution in [0.3, 0.4) is 0 Å². The van der Waals surface area contributed by atoms with Crippen LogP contribution >= 0.6 is 0 Å². The van der Waals surface area contributed by atoms with Gasteiger partial charge in [-0.25, -0.2) is 8.42 Å². The highest BCUT2D eigenvalue weighted by Crippen LogP contribution is 2.29. The standard InChI is InChI=1S/C26H27NO2S/c1-21-14-16-25(17-15-21)30(28,29)27-18-8-7-12-23-11-5-6-13-26(23)24(20-27)19-22-9-3-2-4-10-22/h2-6,9-11,13-17,19H,7-8,12,18,20H2,1H3/b24-19-. The molecule has 4 heteroatoms. The molecule has 0 N–H and O–H groups in total. The Bertz CT molecular complexity index is 1130. The van der Waals surface area contributed by atoms with Gasteiger partial charge in [-0.3, -0.25) is 0 Å². The Balaban J connectivity index is 1.79. The summed E-state index contributed by atoms with van der Waals surface area (Å²) < 4.78 is 28.6. The lowest BCUT2D eigenvalue weighted by Gasteiger charge is -2.23. The lowest BCUT2D eigenvalue weighted by atomic mass is 9.95. The Morgan fingerprint density at radius 3 is 2.30 bits per heavy atom. The van der Waals surface area contributed by atoms with E-state index >= 15 is 0 Å². The van der Waals surface area contributed by atoms with Gasteiger partial charge in [-0.15, -0.1) is 0 Å². The van der Waals surface area contributed by atoms with Gasteiger partial charge in [0.2, 0.25) is 10.0 Å². The summed E-state index contributed by atoms with van der Waals surface area (Å²) in [5, 5.41) is 0. The molecule has 0 bridgehead atoms. The first-order chi connectivity index (χ1) is 14.5. The van der Waals surface area contributed by atoms with Gasteiger partial charge in [-0.05, 0) is 66.7 Å². The van der Waals surface area contributed by atoms with Crippen molar-refractivity contribution in [2.45, 2.75) is 31.1 Å². The molecule has 3 aromatic carbocycles. The van der Waals surface area contributed by atoms with Crippen molar-refractivity contribution in [2.75, 3.05) is 13.1 Å². The van der Waals surface area contributed by atoms with Gasteiger partial charge in [0.15, 0.2) is 0 Å². The van der Waals surface area contributed by atoms with Crippen molar-refractivity contribution in [2.24, 2.45) is 0 Å². The minimum Gasteiger partial charge on any atom is -0.207 e. The summed E-state index contributed by atoms with van der Waals surface area (Å²) in [4.78, 5) is 0.361. The molecular formula is C26H27NO2S. The minimum atomic E-state index is -3.57. The zero-order valence-electron chi connectivity index (χ0n) is 17.3. The van der Waals surface area contributed by atoms with Crippen LogP contribution in [-0.2, 0) is 16.4 Å². The third kappa shape index (κ3) is 4.55. The van der Waals surface area contributed by atoms with Gasteiger partial charge < -0.3 is 0 Å². The molecule has 0 saturated heterocycles. The largest absolute Gasteiger partial charge is 0.243 e. The second-order valence-corrected chi connectivity index (χ2v) is 9.78. The highest BCUT2D eigenvalue weighted by molar-refractivity contribution is 7.89. The molecule has 0 radical (unpaired) electrons. The summed E-state index contributed by atoms with van der Waals surface area (Å²) in [5.41, 5.74) is 5.60. The monoisotopic (exact) mass is 417 g/mol. The van der Waals surface area contributed by atoms with E-state index in [4.69, 9.17) is 0 Å². The van der Waals surface area contributed by atoms with Gasteiger partial charge in [-0.2, -0.15) is 4.31 Å². The highest BCUT2D eigenvalue weighted by Gasteiger charge is 2.26. The van der Waals surface area contributed by atoms with E-state index in [-0.39, 0.29) is 0 Å². The van der Waals surface area contributed by atoms with E-state index in [2.05, 4.69) is 36.4 Å². The third-order valence-corrected chi connectivity index (χ3v) is 7.47. The number of hydrogen-bond acceptors (Lipinski definition) is 2. The van der Waals surface area contributed by atoms with Crippen molar-refractivity contribution in [3.8, 4) is 0 Å². The van der Waals surface area contributed by atoms with Crippen molar-refractivity contribution in [3.63, 3.8) is 0 Å². The third-order valence-electron chi connectivity index (χ3n) is 5.61. The molecule has 0 spiro atoms. The predicted octanol–water partition coefficient (Wildman–Crippen LogP) is 5.56. The lowest BCUT2D eigenvalue weighted by molar-refractivity contribution is 0.435. The average Bonchev–Trinajstić information content (AvgIpc) is 2.84. The zero-order chi connectivity index (χ0) is 21.0. The Morgan fingerprint density at radius 2 is 1.53 bits per heavy atom. The summed E-state index contributed by atoms with van der Waals surface area (Å²) in [6, 6.07) is 25.7. The van der Waals surface area contributed by atoms with Crippen LogP contribution in [0, 0.1) is 6.92 Å². The number of aryl methyl sites for hydroxylation is 2. The van der Waals surface area contributed by atoms with Crippen LogP contribution in [0.1, 0.15) is 35.1 Å². The first kappa shape index (κ1) is 20.6. The second-order valence-electron chi connectivity index (χ2n) is 7.85. The van der Waals surface area contributed by atoms with Gasteiger partial charge in [-0.1, -0.05) is 72.3 Å². The van der Waals surface area contributed by atoms with Crippen molar-refractivity contribution in [1.29, 1.82) is 0 Å². The van der Waals surface area contributed by atoms with Crippen LogP contribution in [0.15, 0.2) is 83.8 Å². The lowest BCUT2D eigenvalue weighted by Crippen LogP contribution is -2.33. The van der Waals surface area contributed by atoms with Gasteiger partial charge in [0.05, 0.1) is 4.90 Å². The molecule has 0 aliphatic carbocycles. The van der Waals surface area contributed by atoms with Crippen LogP contribution in [0.2, 0.25) is 0 Å². The van der Waals surface area contributed by atoms with E-state index in [1.54, 1.807) is 16.4 Å². The maximum Gasteiger partial charge on any atom is 0.243 e. The maximum absolute atomic E-state index is 13.5. The number of benzene rings is 3. The fraction of sp³-hybridized carbons (Fsp3) is 0.231. The maximum atomic E-state index is 13.5. The number of nitrogens with zero attached hydrogens (tertiary/aromatic N) is 1. The number of fused-ring (bicyclic) bond motifs is 1. The smallest absolute Gasteiger partial charge is 0.207 e. The van der Waals surface area contributed by atoms with E-state index in [0.717, 1.165) is 41.5 Å². The molecule has 1 aliphatic rings. The van der Waals surface area contributed by atoms with Gasteiger partial charge in [0, 0.05) is 13.1 Å². The van der Waals surface area contributed by atoms with Gasteiger partial charge >= 0.3 is 0 Å². The number of hydrogen-bond donors (Lipinski definition) is 0. The quantitative estimate of drug-likeness (QED) is 0.559. The summed E-state index contributed by atoms with van der Waals surface area (Å²) in [7, 11) is -3.57. The highest BCUT2D eigenvalue weighted by atomic mass is 32.2. The van der Waals surface area contributed by atoms with E-state index < -0.39 is 10.0 Å². The average molecular weight is 418 g/mol. The van der Waals surface area contributed by atoms with Gasteiger partial charge in [0.25, 0.3) is 0 Å². The molecule has 0 unspecified atom stereocenters. The fourth-order valence-corrected chi connectivity index (χ4v) is 5.40. The predicted molar refractivity (Wildman–Crippen MR) is 124 cm³/mol. The molecule has 154 valence electrons. The molecule has 0 atom stereocenters. The van der Waals surface area contributed by atoms with Crippen molar-refractivity contribution < 1.29 is 8.42 Å². The van der Waals surface area contributed by atoms with Crippen molar-refractivity contribution in [3.05, 3.63) is 101 Å². The van der Waals surface area contributed by atoms with Crippen molar-refractivity contribution in [1.82, 2.24) is 4.31 Å². The van der Waals surface area contributed by atoms with E-state index in [0.29, 0.717) is 18.0 Å². The summed E-state index contributed by atoms with van der Waals surface area (Å²) in [6.07, 6.45) is 4.90. The Kier molecular flexibility index (Phi) is 6.16. The normalized spacial score (nSPS) is 17.0.